The lowest BCUT2D eigenvalue weighted by atomic mass is 10.0. The second kappa shape index (κ2) is 4.30. The van der Waals surface area contributed by atoms with Gasteiger partial charge < -0.3 is 0 Å². The monoisotopic (exact) mass is 356 g/mol. The average Bonchev–Trinajstić information content (AvgIpc) is 2.77. The summed E-state index contributed by atoms with van der Waals surface area (Å²) in [5, 5.41) is 1.46. The molecule has 0 fully saturated rings. The molecule has 1 aromatic heterocycles. The zero-order chi connectivity index (χ0) is 11.8. The summed E-state index contributed by atoms with van der Waals surface area (Å²) in [5.41, 5.74) is 0.876. The highest BCUT2D eigenvalue weighted by Gasteiger charge is 2.10. The Labute approximate surface area is 115 Å². The lowest BCUT2D eigenvalue weighted by molar-refractivity contribution is 0.640. The average molecular weight is 356 g/mol. The van der Waals surface area contributed by atoms with Crippen molar-refractivity contribution in [3.8, 4) is 11.4 Å². The van der Waals surface area contributed by atoms with Crippen LogP contribution in [0.4, 0.5) is 4.39 Å². The molecule has 2 aromatic carbocycles. The summed E-state index contributed by atoms with van der Waals surface area (Å²) >= 11 is 3.47. The van der Waals surface area contributed by atoms with Crippen LogP contribution < -0.4 is 0 Å². The summed E-state index contributed by atoms with van der Waals surface area (Å²) < 4.78 is 18.8. The van der Waals surface area contributed by atoms with Crippen LogP contribution in [-0.2, 0) is 0 Å². The number of halogens is 2. The smallest absolute Gasteiger partial charge is 0.174 e. The summed E-state index contributed by atoms with van der Waals surface area (Å²) in [6.07, 6.45) is 0. The van der Waals surface area contributed by atoms with Gasteiger partial charge in [-0.15, -0.1) is 0 Å². The summed E-state index contributed by atoms with van der Waals surface area (Å²) in [4.78, 5) is 4.33. The minimum absolute atomic E-state index is 0.214. The molecule has 0 aliphatic rings. The molecular weight excluding hydrogens is 350 g/mol. The first-order valence-corrected chi connectivity index (χ1v) is 6.78. The molecule has 3 aromatic rings. The Morgan fingerprint density at radius 3 is 2.53 bits per heavy atom. The number of hydrogen-bond acceptors (Lipinski definition) is 3. The van der Waals surface area contributed by atoms with E-state index in [0.717, 1.165) is 14.0 Å². The van der Waals surface area contributed by atoms with E-state index in [1.807, 2.05) is 18.2 Å². The molecule has 17 heavy (non-hydrogen) atoms. The third-order valence-corrected chi connectivity index (χ3v) is 3.85. The van der Waals surface area contributed by atoms with E-state index >= 15 is 0 Å². The first-order chi connectivity index (χ1) is 8.25. The molecule has 2 nitrogen and oxygen atoms in total. The molecule has 84 valence electrons. The minimum Gasteiger partial charge on any atom is -0.209 e. The molecule has 0 amide bonds. The van der Waals surface area contributed by atoms with Gasteiger partial charge in [0.25, 0.3) is 0 Å². The number of rotatable bonds is 1. The number of hydrogen-bond donors (Lipinski definition) is 0. The fraction of sp³-hybridized carbons (Fsp3) is 0. The van der Waals surface area contributed by atoms with Gasteiger partial charge in [0.2, 0.25) is 0 Å². The lowest BCUT2D eigenvalue weighted by Gasteiger charge is -2.03. The van der Waals surface area contributed by atoms with Crippen LogP contribution in [-0.4, -0.2) is 9.36 Å². The molecule has 0 saturated carbocycles. The van der Waals surface area contributed by atoms with E-state index in [-0.39, 0.29) is 5.82 Å². The van der Waals surface area contributed by atoms with E-state index in [9.17, 15) is 4.39 Å². The van der Waals surface area contributed by atoms with Crippen molar-refractivity contribution in [2.24, 2.45) is 0 Å². The zero-order valence-electron chi connectivity index (χ0n) is 8.52. The van der Waals surface area contributed by atoms with E-state index in [2.05, 4.69) is 31.9 Å². The molecule has 0 saturated heterocycles. The first-order valence-electron chi connectivity index (χ1n) is 4.92. The molecule has 0 bridgehead atoms. The summed E-state index contributed by atoms with van der Waals surface area (Å²) in [7, 11) is 0. The highest BCUT2D eigenvalue weighted by atomic mass is 127. The fourth-order valence-electron chi connectivity index (χ4n) is 1.77. The van der Waals surface area contributed by atoms with Gasteiger partial charge in [-0.1, -0.05) is 24.3 Å². The van der Waals surface area contributed by atoms with E-state index in [0.29, 0.717) is 11.2 Å². The van der Waals surface area contributed by atoms with Gasteiger partial charge >= 0.3 is 0 Å². The van der Waals surface area contributed by atoms with E-state index in [1.54, 1.807) is 12.1 Å². The van der Waals surface area contributed by atoms with Crippen molar-refractivity contribution in [2.45, 2.75) is 0 Å². The summed E-state index contributed by atoms with van der Waals surface area (Å²) in [6, 6.07) is 10.6. The predicted octanol–water partition coefficient (Wildman–Crippen LogP) is 4.10. The molecule has 0 spiro atoms. The Kier molecular flexibility index (Phi) is 2.79. The van der Waals surface area contributed by atoms with Crippen LogP contribution >= 0.6 is 34.1 Å². The van der Waals surface area contributed by atoms with Crippen LogP contribution in [0, 0.1) is 8.83 Å². The van der Waals surface area contributed by atoms with E-state index in [1.165, 1.54) is 17.6 Å². The summed E-state index contributed by atoms with van der Waals surface area (Å²) in [5.74, 6) is 0.449. The molecular formula is C12H6FIN2S. The Balaban J connectivity index is 2.34. The van der Waals surface area contributed by atoms with E-state index in [4.69, 9.17) is 0 Å². The third kappa shape index (κ3) is 1.93. The minimum atomic E-state index is -0.214. The zero-order valence-corrected chi connectivity index (χ0v) is 11.5. The van der Waals surface area contributed by atoms with Gasteiger partial charge in [-0.3, -0.25) is 0 Å². The van der Waals surface area contributed by atoms with Gasteiger partial charge in [0.15, 0.2) is 8.84 Å². The Morgan fingerprint density at radius 2 is 1.82 bits per heavy atom. The van der Waals surface area contributed by atoms with Crippen LogP contribution in [0.2, 0.25) is 0 Å². The molecule has 5 heteroatoms. The number of aromatic nitrogens is 2. The normalized spacial score (nSPS) is 10.9. The second-order valence-corrected chi connectivity index (χ2v) is 6.02. The van der Waals surface area contributed by atoms with Crippen LogP contribution in [0.3, 0.4) is 0 Å². The van der Waals surface area contributed by atoms with Crippen molar-refractivity contribution in [2.75, 3.05) is 0 Å². The van der Waals surface area contributed by atoms with Crippen LogP contribution in [0.1, 0.15) is 0 Å². The van der Waals surface area contributed by atoms with Crippen molar-refractivity contribution in [3.05, 3.63) is 45.2 Å². The fourth-order valence-corrected chi connectivity index (χ4v) is 2.72. The van der Waals surface area contributed by atoms with Crippen LogP contribution in [0.5, 0.6) is 0 Å². The van der Waals surface area contributed by atoms with Crippen LogP contribution in [0.15, 0.2) is 36.4 Å². The van der Waals surface area contributed by atoms with E-state index < -0.39 is 0 Å². The van der Waals surface area contributed by atoms with Gasteiger partial charge in [-0.05, 0) is 51.6 Å². The molecule has 0 radical (unpaired) electrons. The largest absolute Gasteiger partial charge is 0.209 e. The van der Waals surface area contributed by atoms with Crippen LogP contribution in [0.25, 0.3) is 22.2 Å². The maximum Gasteiger partial charge on any atom is 0.174 e. The second-order valence-electron chi connectivity index (χ2n) is 3.51. The number of fused-ring (bicyclic) bond motifs is 1. The molecule has 0 aliphatic heterocycles. The molecule has 1 heterocycles. The van der Waals surface area contributed by atoms with Gasteiger partial charge in [-0.25, -0.2) is 9.37 Å². The Bertz CT molecular complexity index is 696. The Morgan fingerprint density at radius 1 is 1.06 bits per heavy atom. The standard InChI is InChI=1S/C12H6FIN2S/c13-10-6-5-9(11-15-12(14)17-16-11)7-3-1-2-4-8(7)10/h1-6H. The molecule has 0 N–H and O–H groups in total. The molecule has 3 rings (SSSR count). The third-order valence-electron chi connectivity index (χ3n) is 2.51. The number of benzene rings is 2. The van der Waals surface area contributed by atoms with Gasteiger partial charge in [-0.2, -0.15) is 4.37 Å². The molecule has 0 aliphatic carbocycles. The van der Waals surface area contributed by atoms with Crippen molar-refractivity contribution in [3.63, 3.8) is 0 Å². The SMILES string of the molecule is Fc1ccc(-c2nsc(I)n2)c2ccccc12. The van der Waals surface area contributed by atoms with Gasteiger partial charge in [0.1, 0.15) is 5.82 Å². The number of nitrogens with zero attached hydrogens (tertiary/aromatic N) is 2. The first kappa shape index (κ1) is 11.0. The predicted molar refractivity (Wildman–Crippen MR) is 75.5 cm³/mol. The maximum absolute atomic E-state index is 13.6. The van der Waals surface area contributed by atoms with Crippen molar-refractivity contribution < 1.29 is 4.39 Å². The van der Waals surface area contributed by atoms with Crippen molar-refractivity contribution in [1.82, 2.24) is 9.36 Å². The van der Waals surface area contributed by atoms with Crippen molar-refractivity contribution in [1.29, 1.82) is 0 Å². The summed E-state index contributed by atoms with van der Waals surface area (Å²) in [6.45, 7) is 0. The van der Waals surface area contributed by atoms with Crippen molar-refractivity contribution >= 4 is 44.9 Å². The molecule has 0 unspecified atom stereocenters. The lowest BCUT2D eigenvalue weighted by Crippen LogP contribution is -1.86. The quantitative estimate of drug-likeness (QED) is 0.614. The highest BCUT2D eigenvalue weighted by molar-refractivity contribution is 14.1. The highest BCUT2D eigenvalue weighted by Crippen LogP contribution is 2.29. The van der Waals surface area contributed by atoms with Gasteiger partial charge in [0.05, 0.1) is 0 Å². The maximum atomic E-state index is 13.6. The van der Waals surface area contributed by atoms with Gasteiger partial charge in [0, 0.05) is 10.9 Å². The molecule has 0 atom stereocenters. The Hall–Kier alpha value is -1.08. The topological polar surface area (TPSA) is 25.8 Å².